The van der Waals surface area contributed by atoms with E-state index >= 15 is 0 Å². The van der Waals surface area contributed by atoms with Gasteiger partial charge in [0, 0.05) is 30.2 Å². The summed E-state index contributed by atoms with van der Waals surface area (Å²) < 4.78 is 7.56. The summed E-state index contributed by atoms with van der Waals surface area (Å²) in [6, 6.07) is 19.8. The molecule has 2 aromatic heterocycles. The maximum atomic E-state index is 12.7. The minimum atomic E-state index is -0.393. The fraction of sp³-hybridized carbons (Fsp3) is 0.0870. The number of benzene rings is 2. The molecule has 8 heteroatoms. The first-order chi connectivity index (χ1) is 15.1. The molecule has 0 aliphatic carbocycles. The lowest BCUT2D eigenvalue weighted by molar-refractivity contribution is 0.0948. The molecular formula is C23H19BrN4O3. The molecule has 31 heavy (non-hydrogen) atoms. The molecule has 0 saturated carbocycles. The minimum Gasteiger partial charge on any atom is -0.444 e. The first-order valence-electron chi connectivity index (χ1n) is 9.57. The predicted molar refractivity (Wildman–Crippen MR) is 120 cm³/mol. The number of furan rings is 1. The number of carbonyl (C=O) groups excluding carboxylic acids is 2. The average Bonchev–Trinajstić information content (AvgIpc) is 3.45. The number of nitrogens with one attached hydrogen (secondary N) is 2. The van der Waals surface area contributed by atoms with Gasteiger partial charge >= 0.3 is 0 Å². The van der Waals surface area contributed by atoms with Crippen LogP contribution < -0.4 is 10.6 Å². The molecule has 2 aromatic carbocycles. The van der Waals surface area contributed by atoms with Crippen LogP contribution in [0.15, 0.2) is 88.2 Å². The van der Waals surface area contributed by atoms with Gasteiger partial charge < -0.3 is 15.1 Å². The minimum absolute atomic E-state index is 0.176. The Hall–Kier alpha value is -3.65. The van der Waals surface area contributed by atoms with Crippen LogP contribution in [0.2, 0.25) is 0 Å². The van der Waals surface area contributed by atoms with Gasteiger partial charge in [-0.05, 0) is 63.5 Å². The summed E-state index contributed by atoms with van der Waals surface area (Å²) >= 11 is 3.17. The van der Waals surface area contributed by atoms with Gasteiger partial charge in [0.2, 0.25) is 0 Å². The molecular weight excluding hydrogens is 460 g/mol. The monoisotopic (exact) mass is 478 g/mol. The summed E-state index contributed by atoms with van der Waals surface area (Å²) in [4.78, 5) is 24.9. The molecule has 0 radical (unpaired) electrons. The van der Waals surface area contributed by atoms with Crippen LogP contribution in [-0.2, 0) is 13.1 Å². The lowest BCUT2D eigenvalue weighted by Gasteiger charge is -2.12. The fourth-order valence-corrected chi connectivity index (χ4v) is 3.40. The van der Waals surface area contributed by atoms with Crippen molar-refractivity contribution in [1.82, 2.24) is 15.1 Å². The second-order valence-electron chi connectivity index (χ2n) is 6.79. The number of carbonyl (C=O) groups is 2. The number of hydrogen-bond acceptors (Lipinski definition) is 4. The Bertz CT molecular complexity index is 1200. The molecule has 7 nitrogen and oxygen atoms in total. The van der Waals surface area contributed by atoms with E-state index in [-0.39, 0.29) is 11.7 Å². The van der Waals surface area contributed by atoms with Gasteiger partial charge in [-0.25, -0.2) is 0 Å². The summed E-state index contributed by atoms with van der Waals surface area (Å²) in [5.41, 5.74) is 3.04. The van der Waals surface area contributed by atoms with Crippen molar-refractivity contribution in [1.29, 1.82) is 0 Å². The van der Waals surface area contributed by atoms with E-state index in [4.69, 9.17) is 4.42 Å². The van der Waals surface area contributed by atoms with Crippen LogP contribution in [0.1, 0.15) is 32.0 Å². The highest BCUT2D eigenvalue weighted by molar-refractivity contribution is 9.10. The third kappa shape index (κ3) is 5.29. The third-order valence-electron chi connectivity index (χ3n) is 4.63. The van der Waals surface area contributed by atoms with Crippen LogP contribution >= 0.6 is 15.9 Å². The van der Waals surface area contributed by atoms with Crippen molar-refractivity contribution in [2.75, 3.05) is 5.32 Å². The summed E-state index contributed by atoms with van der Waals surface area (Å²) in [6.45, 7) is 1.01. The number of rotatable bonds is 7. The molecule has 0 aliphatic heterocycles. The predicted octanol–water partition coefficient (Wildman–Crippen LogP) is 4.47. The van der Waals surface area contributed by atoms with E-state index < -0.39 is 5.91 Å². The van der Waals surface area contributed by atoms with E-state index in [1.54, 1.807) is 42.6 Å². The van der Waals surface area contributed by atoms with Gasteiger partial charge in [0.15, 0.2) is 10.4 Å². The molecule has 0 bridgehead atoms. The number of amides is 2. The van der Waals surface area contributed by atoms with E-state index in [1.165, 1.54) is 0 Å². The summed E-state index contributed by atoms with van der Waals surface area (Å²) in [6.07, 6.45) is 3.64. The molecule has 2 N–H and O–H groups in total. The Morgan fingerprint density at radius 1 is 0.968 bits per heavy atom. The van der Waals surface area contributed by atoms with E-state index in [0.717, 1.165) is 11.1 Å². The topological polar surface area (TPSA) is 89.2 Å². The largest absolute Gasteiger partial charge is 0.444 e. The second kappa shape index (κ2) is 9.44. The normalized spacial score (nSPS) is 10.6. The highest BCUT2D eigenvalue weighted by Crippen LogP contribution is 2.17. The molecule has 0 spiro atoms. The molecule has 156 valence electrons. The maximum absolute atomic E-state index is 12.7. The van der Waals surface area contributed by atoms with Crippen LogP contribution in [0.3, 0.4) is 0 Å². The van der Waals surface area contributed by atoms with Crippen LogP contribution in [0.5, 0.6) is 0 Å². The van der Waals surface area contributed by atoms with Crippen molar-refractivity contribution in [3.8, 4) is 0 Å². The van der Waals surface area contributed by atoms with Gasteiger partial charge in [-0.15, -0.1) is 0 Å². The Kier molecular flexibility index (Phi) is 6.28. The first-order valence-corrected chi connectivity index (χ1v) is 10.4. The molecule has 0 saturated heterocycles. The van der Waals surface area contributed by atoms with Gasteiger partial charge in [-0.2, -0.15) is 5.10 Å². The average molecular weight is 479 g/mol. The van der Waals surface area contributed by atoms with Gasteiger partial charge in [0.25, 0.3) is 11.8 Å². The van der Waals surface area contributed by atoms with E-state index in [9.17, 15) is 9.59 Å². The number of nitrogens with zero attached hydrogens (tertiary/aromatic N) is 2. The smallest absolute Gasteiger partial charge is 0.291 e. The zero-order valence-corrected chi connectivity index (χ0v) is 18.0. The number of hydrogen-bond donors (Lipinski definition) is 2. The van der Waals surface area contributed by atoms with Gasteiger partial charge in [0.05, 0.1) is 6.54 Å². The van der Waals surface area contributed by atoms with Crippen LogP contribution in [-0.4, -0.2) is 21.6 Å². The second-order valence-corrected chi connectivity index (χ2v) is 7.58. The van der Waals surface area contributed by atoms with Gasteiger partial charge in [-0.1, -0.05) is 30.3 Å². The van der Waals surface area contributed by atoms with Crippen LogP contribution in [0.25, 0.3) is 0 Å². The first kappa shape index (κ1) is 20.6. The highest BCUT2D eigenvalue weighted by Gasteiger charge is 2.13. The van der Waals surface area contributed by atoms with Crippen molar-refractivity contribution >= 4 is 33.4 Å². The Morgan fingerprint density at radius 2 is 1.81 bits per heavy atom. The number of halogens is 1. The molecule has 2 heterocycles. The third-order valence-corrected chi connectivity index (χ3v) is 5.06. The van der Waals surface area contributed by atoms with Gasteiger partial charge in [0.1, 0.15) is 0 Å². The zero-order valence-electron chi connectivity index (χ0n) is 16.4. The summed E-state index contributed by atoms with van der Waals surface area (Å²) in [7, 11) is 0. The van der Waals surface area contributed by atoms with E-state index in [2.05, 4.69) is 31.7 Å². The molecule has 4 aromatic rings. The Morgan fingerprint density at radius 3 is 2.55 bits per heavy atom. The lowest BCUT2D eigenvalue weighted by Crippen LogP contribution is -2.24. The van der Waals surface area contributed by atoms with Crippen LogP contribution in [0.4, 0.5) is 5.69 Å². The molecule has 0 aliphatic rings. The van der Waals surface area contributed by atoms with Crippen LogP contribution in [0, 0.1) is 0 Å². The van der Waals surface area contributed by atoms with Crippen molar-refractivity contribution < 1.29 is 14.0 Å². The Balaban J connectivity index is 1.40. The van der Waals surface area contributed by atoms with Crippen molar-refractivity contribution in [2.45, 2.75) is 13.1 Å². The SMILES string of the molecule is O=C(NCc1ccccc1Cn1cccn1)c1cccc(NC(=O)c2ccc(Br)o2)c1. The lowest BCUT2D eigenvalue weighted by atomic mass is 10.1. The summed E-state index contributed by atoms with van der Waals surface area (Å²) in [5.74, 6) is -0.447. The molecule has 4 rings (SSSR count). The fourth-order valence-electron chi connectivity index (χ4n) is 3.10. The quantitative estimate of drug-likeness (QED) is 0.410. The maximum Gasteiger partial charge on any atom is 0.291 e. The number of anilines is 1. The molecule has 0 fully saturated rings. The van der Waals surface area contributed by atoms with E-state index in [0.29, 0.717) is 29.0 Å². The number of aromatic nitrogens is 2. The molecule has 2 amide bonds. The van der Waals surface area contributed by atoms with E-state index in [1.807, 2.05) is 41.2 Å². The molecule has 0 unspecified atom stereocenters. The van der Waals surface area contributed by atoms with Crippen molar-refractivity contribution in [3.05, 3.63) is 106 Å². The standard InChI is InChI=1S/C23H19BrN4O3/c24-21-10-9-20(31-21)23(30)27-19-8-3-7-16(13-19)22(29)25-14-17-5-1-2-6-18(17)15-28-12-4-11-26-28/h1-13H,14-15H2,(H,25,29)(H,27,30). The summed E-state index contributed by atoms with van der Waals surface area (Å²) in [5, 5.41) is 9.91. The van der Waals surface area contributed by atoms with Gasteiger partial charge in [-0.3, -0.25) is 14.3 Å². The molecule has 0 atom stereocenters. The highest BCUT2D eigenvalue weighted by atomic mass is 79.9. The zero-order chi connectivity index (χ0) is 21.6. The van der Waals surface area contributed by atoms with Crippen molar-refractivity contribution in [3.63, 3.8) is 0 Å². The Labute approximate surface area is 187 Å². The van der Waals surface area contributed by atoms with Crippen molar-refractivity contribution in [2.24, 2.45) is 0 Å².